The van der Waals surface area contributed by atoms with Gasteiger partial charge in [0, 0.05) is 5.38 Å². The van der Waals surface area contributed by atoms with E-state index in [4.69, 9.17) is 10.5 Å². The topological polar surface area (TPSA) is 48.1 Å². The molecule has 4 heteroatoms. The lowest BCUT2D eigenvalue weighted by Crippen LogP contribution is -2.17. The fraction of sp³-hybridized carbons (Fsp3) is 0.250. The van der Waals surface area contributed by atoms with Crippen LogP contribution >= 0.6 is 11.3 Å². The Morgan fingerprint density at radius 2 is 2.12 bits per heavy atom. The van der Waals surface area contributed by atoms with Gasteiger partial charge in [-0.05, 0) is 5.56 Å². The normalized spacial score (nSPS) is 12.6. The molecule has 0 aliphatic rings. The molecule has 1 aromatic carbocycles. The van der Waals surface area contributed by atoms with Crippen LogP contribution in [0.1, 0.15) is 17.3 Å². The fourth-order valence-corrected chi connectivity index (χ4v) is 1.99. The van der Waals surface area contributed by atoms with Crippen LogP contribution < -0.4 is 5.73 Å². The number of hydrogen-bond acceptors (Lipinski definition) is 4. The summed E-state index contributed by atoms with van der Waals surface area (Å²) in [6.07, 6.45) is 0. The molecular weight excluding hydrogens is 220 g/mol. The number of ether oxygens (including phenoxy) is 1. The summed E-state index contributed by atoms with van der Waals surface area (Å²) >= 11 is 1.55. The molecule has 0 amide bonds. The van der Waals surface area contributed by atoms with E-state index in [2.05, 4.69) is 4.98 Å². The molecule has 0 saturated heterocycles. The number of thiazole rings is 1. The van der Waals surface area contributed by atoms with Gasteiger partial charge in [-0.3, -0.25) is 0 Å². The van der Waals surface area contributed by atoms with E-state index in [1.54, 1.807) is 16.8 Å². The quantitative estimate of drug-likeness (QED) is 0.864. The smallest absolute Gasteiger partial charge is 0.0795 e. The second-order valence-electron chi connectivity index (χ2n) is 3.52. The number of aromatic nitrogens is 1. The lowest BCUT2D eigenvalue weighted by molar-refractivity contribution is 0.107. The van der Waals surface area contributed by atoms with Gasteiger partial charge in [-0.25, -0.2) is 4.98 Å². The standard InChI is InChI=1S/C12H14N2OS/c13-11(12-8-16-9-14-12)7-15-6-10-4-2-1-3-5-10/h1-5,8-9,11H,6-7,13H2. The molecule has 2 aromatic rings. The van der Waals surface area contributed by atoms with Crippen molar-refractivity contribution in [1.82, 2.24) is 4.98 Å². The Morgan fingerprint density at radius 1 is 1.31 bits per heavy atom. The summed E-state index contributed by atoms with van der Waals surface area (Å²) in [4.78, 5) is 4.16. The van der Waals surface area contributed by atoms with Crippen LogP contribution in [0.3, 0.4) is 0 Å². The van der Waals surface area contributed by atoms with Crippen molar-refractivity contribution >= 4 is 11.3 Å². The Labute approximate surface area is 98.9 Å². The zero-order chi connectivity index (χ0) is 11.2. The summed E-state index contributed by atoms with van der Waals surface area (Å²) in [6.45, 7) is 1.09. The van der Waals surface area contributed by atoms with Crippen molar-refractivity contribution in [2.45, 2.75) is 12.6 Å². The van der Waals surface area contributed by atoms with E-state index in [1.165, 1.54) is 0 Å². The Hall–Kier alpha value is -1.23. The van der Waals surface area contributed by atoms with Crippen LogP contribution in [-0.2, 0) is 11.3 Å². The van der Waals surface area contributed by atoms with Crippen molar-refractivity contribution in [3.63, 3.8) is 0 Å². The van der Waals surface area contributed by atoms with Gasteiger partial charge in [-0.1, -0.05) is 30.3 Å². The Balaban J connectivity index is 1.76. The maximum Gasteiger partial charge on any atom is 0.0795 e. The summed E-state index contributed by atoms with van der Waals surface area (Å²) in [5.41, 5.74) is 9.77. The highest BCUT2D eigenvalue weighted by molar-refractivity contribution is 7.07. The van der Waals surface area contributed by atoms with E-state index in [0.29, 0.717) is 13.2 Å². The summed E-state index contributed by atoms with van der Waals surface area (Å²) in [5, 5.41) is 1.95. The van der Waals surface area contributed by atoms with Gasteiger partial charge in [-0.15, -0.1) is 11.3 Å². The molecule has 0 saturated carbocycles. The van der Waals surface area contributed by atoms with Crippen LogP contribution in [0.4, 0.5) is 0 Å². The van der Waals surface area contributed by atoms with E-state index in [-0.39, 0.29) is 6.04 Å². The van der Waals surface area contributed by atoms with Gasteiger partial charge in [-0.2, -0.15) is 0 Å². The van der Waals surface area contributed by atoms with Crippen LogP contribution in [0.15, 0.2) is 41.2 Å². The highest BCUT2D eigenvalue weighted by atomic mass is 32.1. The lowest BCUT2D eigenvalue weighted by Gasteiger charge is -2.09. The third kappa shape index (κ3) is 3.13. The Morgan fingerprint density at radius 3 is 2.81 bits per heavy atom. The molecule has 1 heterocycles. The molecule has 2 N–H and O–H groups in total. The zero-order valence-electron chi connectivity index (χ0n) is 8.87. The molecule has 0 fully saturated rings. The predicted octanol–water partition coefficient (Wildman–Crippen LogP) is 2.36. The summed E-state index contributed by atoms with van der Waals surface area (Å²) in [6, 6.07) is 9.93. The van der Waals surface area contributed by atoms with Crippen molar-refractivity contribution < 1.29 is 4.74 Å². The minimum atomic E-state index is -0.130. The molecule has 16 heavy (non-hydrogen) atoms. The predicted molar refractivity (Wildman–Crippen MR) is 65.1 cm³/mol. The van der Waals surface area contributed by atoms with Crippen molar-refractivity contribution in [3.05, 3.63) is 52.5 Å². The molecule has 1 unspecified atom stereocenters. The fourth-order valence-electron chi connectivity index (χ4n) is 1.37. The van der Waals surface area contributed by atoms with Crippen molar-refractivity contribution in [2.75, 3.05) is 6.61 Å². The van der Waals surface area contributed by atoms with Gasteiger partial charge in [0.1, 0.15) is 0 Å². The van der Waals surface area contributed by atoms with Crippen LogP contribution in [0.25, 0.3) is 0 Å². The second-order valence-corrected chi connectivity index (χ2v) is 4.24. The van der Waals surface area contributed by atoms with Crippen LogP contribution in [0.2, 0.25) is 0 Å². The number of nitrogens with zero attached hydrogens (tertiary/aromatic N) is 1. The average Bonchev–Trinajstić information content (AvgIpc) is 2.84. The van der Waals surface area contributed by atoms with Gasteiger partial charge in [0.25, 0.3) is 0 Å². The largest absolute Gasteiger partial charge is 0.375 e. The molecule has 0 aliphatic carbocycles. The molecule has 3 nitrogen and oxygen atoms in total. The van der Waals surface area contributed by atoms with Gasteiger partial charge in [0.2, 0.25) is 0 Å². The number of hydrogen-bond donors (Lipinski definition) is 1. The molecule has 0 radical (unpaired) electrons. The van der Waals surface area contributed by atoms with Gasteiger partial charge in [0.15, 0.2) is 0 Å². The third-order valence-electron chi connectivity index (χ3n) is 2.24. The number of rotatable bonds is 5. The minimum Gasteiger partial charge on any atom is -0.375 e. The summed E-state index contributed by atoms with van der Waals surface area (Å²) < 4.78 is 5.54. The van der Waals surface area contributed by atoms with E-state index in [1.807, 2.05) is 35.7 Å². The van der Waals surface area contributed by atoms with Crippen LogP contribution in [-0.4, -0.2) is 11.6 Å². The first kappa shape index (κ1) is 11.3. The van der Waals surface area contributed by atoms with Gasteiger partial charge in [0.05, 0.1) is 30.5 Å². The molecule has 1 atom stereocenters. The SMILES string of the molecule is NC(COCc1ccccc1)c1cscn1. The number of nitrogens with two attached hydrogens (primary N) is 1. The lowest BCUT2D eigenvalue weighted by atomic mass is 10.2. The first-order valence-electron chi connectivity index (χ1n) is 5.11. The average molecular weight is 234 g/mol. The van der Waals surface area contributed by atoms with E-state index in [0.717, 1.165) is 11.3 Å². The monoisotopic (exact) mass is 234 g/mol. The minimum absolute atomic E-state index is 0.130. The summed E-state index contributed by atoms with van der Waals surface area (Å²) in [7, 11) is 0. The molecular formula is C12H14N2OS. The zero-order valence-corrected chi connectivity index (χ0v) is 9.69. The Bertz CT molecular complexity index is 402. The summed E-state index contributed by atoms with van der Waals surface area (Å²) in [5.74, 6) is 0. The molecule has 1 aromatic heterocycles. The third-order valence-corrected chi connectivity index (χ3v) is 2.84. The van der Waals surface area contributed by atoms with Crippen molar-refractivity contribution in [3.8, 4) is 0 Å². The van der Waals surface area contributed by atoms with Gasteiger partial charge >= 0.3 is 0 Å². The van der Waals surface area contributed by atoms with E-state index >= 15 is 0 Å². The highest BCUT2D eigenvalue weighted by Crippen LogP contribution is 2.11. The molecule has 84 valence electrons. The van der Waals surface area contributed by atoms with Crippen molar-refractivity contribution in [2.24, 2.45) is 5.73 Å². The van der Waals surface area contributed by atoms with E-state index in [9.17, 15) is 0 Å². The first-order valence-corrected chi connectivity index (χ1v) is 6.06. The molecule has 0 bridgehead atoms. The van der Waals surface area contributed by atoms with E-state index < -0.39 is 0 Å². The Kier molecular flexibility index (Phi) is 4.04. The molecule has 2 rings (SSSR count). The van der Waals surface area contributed by atoms with Crippen LogP contribution in [0, 0.1) is 0 Å². The molecule has 0 aliphatic heterocycles. The number of benzene rings is 1. The highest BCUT2D eigenvalue weighted by Gasteiger charge is 2.07. The maximum absolute atomic E-state index is 5.92. The van der Waals surface area contributed by atoms with Crippen molar-refractivity contribution in [1.29, 1.82) is 0 Å². The van der Waals surface area contributed by atoms with Gasteiger partial charge < -0.3 is 10.5 Å². The second kappa shape index (κ2) is 5.75. The first-order chi connectivity index (χ1) is 7.86. The maximum atomic E-state index is 5.92. The molecule has 0 spiro atoms. The van der Waals surface area contributed by atoms with Crippen LogP contribution in [0.5, 0.6) is 0 Å².